The molecule has 0 amide bonds. The third-order valence-electron chi connectivity index (χ3n) is 2.44. The van der Waals surface area contributed by atoms with E-state index >= 15 is 0 Å². The number of rotatable bonds is 3. The minimum absolute atomic E-state index is 0.183. The Hall–Kier alpha value is -2.70. The second-order valence-electron chi connectivity index (χ2n) is 3.69. The summed E-state index contributed by atoms with van der Waals surface area (Å²) in [6, 6.07) is 4.55. The summed E-state index contributed by atoms with van der Waals surface area (Å²) in [6.45, 7) is 0.358. The van der Waals surface area contributed by atoms with E-state index in [4.69, 9.17) is 9.52 Å². The fraction of sp³-hybridized carbons (Fsp3) is 0.0909. The Kier molecular flexibility index (Phi) is 2.30. The zero-order chi connectivity index (χ0) is 12.5. The predicted molar refractivity (Wildman–Crippen MR) is 60.1 cm³/mol. The zero-order valence-electron chi connectivity index (χ0n) is 9.15. The summed E-state index contributed by atoms with van der Waals surface area (Å²) in [6.07, 6.45) is 2.97. The standard InChI is InChI=1S/C11H8N4O3/c16-11(17)7-1-2-9-8(3-7)14-10(18-9)4-15-6-12-5-13-15/h1-3,5-6H,4H2,(H,16,17). The van der Waals surface area contributed by atoms with Gasteiger partial charge in [-0.05, 0) is 18.2 Å². The van der Waals surface area contributed by atoms with Crippen molar-refractivity contribution in [1.82, 2.24) is 19.7 Å². The van der Waals surface area contributed by atoms with Gasteiger partial charge in [0.25, 0.3) is 0 Å². The van der Waals surface area contributed by atoms with E-state index < -0.39 is 5.97 Å². The summed E-state index contributed by atoms with van der Waals surface area (Å²) in [4.78, 5) is 18.9. The lowest BCUT2D eigenvalue weighted by Crippen LogP contribution is -1.99. The lowest BCUT2D eigenvalue weighted by molar-refractivity contribution is 0.0697. The first kappa shape index (κ1) is 10.5. The molecule has 0 saturated heterocycles. The highest BCUT2D eigenvalue weighted by molar-refractivity contribution is 5.91. The number of carbonyl (C=O) groups is 1. The molecule has 0 spiro atoms. The number of nitrogens with zero attached hydrogens (tertiary/aromatic N) is 4. The van der Waals surface area contributed by atoms with Gasteiger partial charge in [-0.1, -0.05) is 0 Å². The molecule has 3 aromatic rings. The molecule has 90 valence electrons. The van der Waals surface area contributed by atoms with Crippen LogP contribution >= 0.6 is 0 Å². The van der Waals surface area contributed by atoms with Crippen molar-refractivity contribution in [3.05, 3.63) is 42.3 Å². The first-order valence-electron chi connectivity index (χ1n) is 5.17. The molecule has 7 nitrogen and oxygen atoms in total. The average molecular weight is 244 g/mol. The van der Waals surface area contributed by atoms with Gasteiger partial charge in [-0.25, -0.2) is 19.4 Å². The number of aromatic nitrogens is 4. The zero-order valence-corrected chi connectivity index (χ0v) is 9.15. The smallest absolute Gasteiger partial charge is 0.335 e. The molecule has 1 N–H and O–H groups in total. The Morgan fingerprint density at radius 3 is 3.06 bits per heavy atom. The van der Waals surface area contributed by atoms with Crippen LogP contribution in [0.2, 0.25) is 0 Å². The molecule has 3 rings (SSSR count). The van der Waals surface area contributed by atoms with Gasteiger partial charge in [-0.15, -0.1) is 0 Å². The lowest BCUT2D eigenvalue weighted by Gasteiger charge is -1.92. The van der Waals surface area contributed by atoms with Crippen molar-refractivity contribution in [2.24, 2.45) is 0 Å². The first-order valence-corrected chi connectivity index (χ1v) is 5.17. The van der Waals surface area contributed by atoms with E-state index in [1.807, 2.05) is 0 Å². The maximum Gasteiger partial charge on any atom is 0.335 e. The SMILES string of the molecule is O=C(O)c1ccc2oc(Cn3cncn3)nc2c1. The lowest BCUT2D eigenvalue weighted by atomic mass is 10.2. The largest absolute Gasteiger partial charge is 0.478 e. The van der Waals surface area contributed by atoms with Crippen molar-refractivity contribution in [3.8, 4) is 0 Å². The molecule has 1 aromatic carbocycles. The molecule has 7 heteroatoms. The van der Waals surface area contributed by atoms with Crippen molar-refractivity contribution < 1.29 is 14.3 Å². The summed E-state index contributed by atoms with van der Waals surface area (Å²) in [5.41, 5.74) is 1.25. The van der Waals surface area contributed by atoms with Crippen LogP contribution < -0.4 is 0 Å². The Morgan fingerprint density at radius 2 is 2.33 bits per heavy atom. The third kappa shape index (κ3) is 1.81. The molecule has 0 unspecified atom stereocenters. The van der Waals surface area contributed by atoms with Crippen LogP contribution in [0.4, 0.5) is 0 Å². The van der Waals surface area contributed by atoms with E-state index in [9.17, 15) is 4.79 Å². The highest BCUT2D eigenvalue weighted by atomic mass is 16.4. The highest BCUT2D eigenvalue weighted by Gasteiger charge is 2.10. The molecule has 0 aliphatic carbocycles. The number of carboxylic acid groups (broad SMARTS) is 1. The van der Waals surface area contributed by atoms with Crippen LogP contribution in [0, 0.1) is 0 Å². The number of hydrogen-bond acceptors (Lipinski definition) is 5. The van der Waals surface area contributed by atoms with Crippen LogP contribution in [-0.2, 0) is 6.54 Å². The van der Waals surface area contributed by atoms with Crippen molar-refractivity contribution in [2.75, 3.05) is 0 Å². The van der Waals surface area contributed by atoms with Gasteiger partial charge >= 0.3 is 5.97 Å². The second-order valence-corrected chi connectivity index (χ2v) is 3.69. The molecule has 0 atom stereocenters. The molecule has 0 bridgehead atoms. The predicted octanol–water partition coefficient (Wildman–Crippen LogP) is 1.17. The van der Waals surface area contributed by atoms with Crippen molar-refractivity contribution in [2.45, 2.75) is 6.54 Å². The maximum atomic E-state index is 10.8. The van der Waals surface area contributed by atoms with Crippen LogP contribution in [-0.4, -0.2) is 30.8 Å². The summed E-state index contributed by atoms with van der Waals surface area (Å²) >= 11 is 0. The van der Waals surface area contributed by atoms with Crippen molar-refractivity contribution >= 4 is 17.1 Å². The average Bonchev–Trinajstić information content (AvgIpc) is 2.96. The van der Waals surface area contributed by atoms with Gasteiger partial charge in [0.1, 0.15) is 24.7 Å². The fourth-order valence-electron chi connectivity index (χ4n) is 1.63. The number of carboxylic acids is 1. The fourth-order valence-corrected chi connectivity index (χ4v) is 1.63. The van der Waals surface area contributed by atoms with E-state index in [1.165, 1.54) is 18.5 Å². The summed E-state index contributed by atoms with van der Waals surface area (Å²) < 4.78 is 7.06. The van der Waals surface area contributed by atoms with E-state index in [0.29, 0.717) is 23.5 Å². The summed E-state index contributed by atoms with van der Waals surface area (Å²) in [5.74, 6) is -0.532. The third-order valence-corrected chi connectivity index (χ3v) is 2.44. The summed E-state index contributed by atoms with van der Waals surface area (Å²) in [7, 11) is 0. The monoisotopic (exact) mass is 244 g/mol. The first-order chi connectivity index (χ1) is 8.72. The van der Waals surface area contributed by atoms with Crippen LogP contribution in [0.3, 0.4) is 0 Å². The molecule has 0 saturated carbocycles. The normalized spacial score (nSPS) is 10.9. The van der Waals surface area contributed by atoms with Gasteiger partial charge in [0.15, 0.2) is 5.58 Å². The van der Waals surface area contributed by atoms with Crippen LogP contribution in [0.25, 0.3) is 11.1 Å². The number of fused-ring (bicyclic) bond motifs is 1. The van der Waals surface area contributed by atoms with Crippen molar-refractivity contribution in [1.29, 1.82) is 0 Å². The highest BCUT2D eigenvalue weighted by Crippen LogP contribution is 2.17. The van der Waals surface area contributed by atoms with Gasteiger partial charge in [0.2, 0.25) is 5.89 Å². The van der Waals surface area contributed by atoms with Gasteiger partial charge in [0.05, 0.1) is 5.56 Å². The number of benzene rings is 1. The van der Waals surface area contributed by atoms with Gasteiger partial charge in [-0.3, -0.25) is 0 Å². The minimum atomic E-state index is -0.988. The molecule has 0 aliphatic heterocycles. The van der Waals surface area contributed by atoms with Crippen LogP contribution in [0.5, 0.6) is 0 Å². The number of oxazole rings is 1. The quantitative estimate of drug-likeness (QED) is 0.743. The van der Waals surface area contributed by atoms with E-state index in [-0.39, 0.29) is 5.56 Å². The second kappa shape index (κ2) is 3.95. The Labute approximate surface area is 101 Å². The molecular formula is C11H8N4O3. The van der Waals surface area contributed by atoms with E-state index in [0.717, 1.165) is 0 Å². The molecule has 0 aliphatic rings. The van der Waals surface area contributed by atoms with E-state index in [1.54, 1.807) is 17.1 Å². The molecule has 0 fully saturated rings. The Bertz CT molecular complexity index is 702. The van der Waals surface area contributed by atoms with Gasteiger partial charge < -0.3 is 9.52 Å². The summed E-state index contributed by atoms with van der Waals surface area (Å²) in [5, 5.41) is 12.8. The number of hydrogen-bond donors (Lipinski definition) is 1. The molecule has 2 heterocycles. The van der Waals surface area contributed by atoms with Gasteiger partial charge in [-0.2, -0.15) is 5.10 Å². The van der Waals surface area contributed by atoms with Crippen LogP contribution in [0.15, 0.2) is 35.3 Å². The molecule has 2 aromatic heterocycles. The maximum absolute atomic E-state index is 10.8. The number of aromatic carboxylic acids is 1. The Balaban J connectivity index is 1.98. The topological polar surface area (TPSA) is 94.0 Å². The van der Waals surface area contributed by atoms with E-state index in [2.05, 4.69) is 15.1 Å². The molecule has 18 heavy (non-hydrogen) atoms. The Morgan fingerprint density at radius 1 is 1.44 bits per heavy atom. The van der Waals surface area contributed by atoms with Gasteiger partial charge in [0, 0.05) is 0 Å². The van der Waals surface area contributed by atoms with Crippen molar-refractivity contribution in [3.63, 3.8) is 0 Å². The molecule has 0 radical (unpaired) electrons. The molecular weight excluding hydrogens is 236 g/mol. The minimum Gasteiger partial charge on any atom is -0.478 e. The van der Waals surface area contributed by atoms with Crippen LogP contribution in [0.1, 0.15) is 16.2 Å².